The maximum absolute atomic E-state index is 13.5. The molecule has 0 unspecified atom stereocenters. The van der Waals surface area contributed by atoms with Crippen LogP contribution in [-0.2, 0) is 9.47 Å². The quantitative estimate of drug-likeness (QED) is 0.484. The number of ether oxygens (including phenoxy) is 2. The first-order valence-corrected chi connectivity index (χ1v) is 10.4. The van der Waals surface area contributed by atoms with Crippen molar-refractivity contribution in [3.63, 3.8) is 0 Å². The third-order valence-corrected chi connectivity index (χ3v) is 5.10. The fourth-order valence-corrected chi connectivity index (χ4v) is 3.48. The molecule has 0 spiro atoms. The molecule has 1 aromatic carbocycles. The van der Waals surface area contributed by atoms with Gasteiger partial charge in [0.25, 0.3) is 0 Å². The molecular formula is C24H22FN6O2. The van der Waals surface area contributed by atoms with Crippen molar-refractivity contribution in [3.8, 4) is 22.6 Å². The number of nitrogens with one attached hydrogen (secondary N) is 1. The number of nitrogens with zero attached hydrogens (tertiary/aromatic N) is 4. The average molecular weight is 445 g/mol. The number of benzene rings is 1. The van der Waals surface area contributed by atoms with Gasteiger partial charge in [0.1, 0.15) is 11.6 Å². The van der Waals surface area contributed by atoms with E-state index in [1.807, 2.05) is 25.5 Å². The van der Waals surface area contributed by atoms with E-state index < -0.39 is 11.8 Å². The van der Waals surface area contributed by atoms with Crippen LogP contribution in [0.2, 0.25) is 0 Å². The summed E-state index contributed by atoms with van der Waals surface area (Å²) in [7, 11) is 0. The van der Waals surface area contributed by atoms with Crippen LogP contribution >= 0.6 is 0 Å². The molecule has 0 aliphatic carbocycles. The lowest BCUT2D eigenvalue weighted by Crippen LogP contribution is -2.50. The van der Waals surface area contributed by atoms with E-state index in [4.69, 9.17) is 20.2 Å². The average Bonchev–Trinajstić information content (AvgIpc) is 3.26. The maximum atomic E-state index is 13.5. The van der Waals surface area contributed by atoms with Crippen LogP contribution in [0.25, 0.3) is 22.6 Å². The second-order valence-electron chi connectivity index (χ2n) is 8.19. The van der Waals surface area contributed by atoms with E-state index in [1.54, 1.807) is 36.8 Å². The maximum Gasteiger partial charge on any atom is 0.217 e. The van der Waals surface area contributed by atoms with Gasteiger partial charge >= 0.3 is 0 Å². The molecule has 1 aliphatic heterocycles. The molecule has 167 valence electrons. The Hall–Kier alpha value is -3.53. The molecule has 33 heavy (non-hydrogen) atoms. The minimum atomic E-state index is -0.696. The monoisotopic (exact) mass is 445 g/mol. The smallest absolute Gasteiger partial charge is 0.217 e. The fraction of sp³-hybridized carbons (Fsp3) is 0.208. The summed E-state index contributed by atoms with van der Waals surface area (Å²) in [5.74, 6) is 0.676. The Balaban J connectivity index is 1.52. The topological polar surface area (TPSA) is 112 Å². The minimum Gasteiger partial charge on any atom is -0.344 e. The number of H-pyrrole nitrogens is 1. The first-order valence-electron chi connectivity index (χ1n) is 10.4. The van der Waals surface area contributed by atoms with Gasteiger partial charge in [-0.3, -0.25) is 4.98 Å². The largest absolute Gasteiger partial charge is 0.344 e. The lowest BCUT2D eigenvalue weighted by Gasteiger charge is -2.33. The lowest BCUT2D eigenvalue weighted by atomic mass is 10.1. The number of rotatable bonds is 5. The van der Waals surface area contributed by atoms with E-state index in [0.717, 1.165) is 11.1 Å². The Bertz CT molecular complexity index is 1230. The van der Waals surface area contributed by atoms with Crippen LogP contribution in [0.3, 0.4) is 0 Å². The second-order valence-corrected chi connectivity index (χ2v) is 8.19. The van der Waals surface area contributed by atoms with Crippen LogP contribution < -0.4 is 5.73 Å². The molecule has 0 saturated carbocycles. The second kappa shape index (κ2) is 8.78. The number of hydrogen-bond acceptors (Lipinski definition) is 7. The van der Waals surface area contributed by atoms with E-state index in [2.05, 4.69) is 19.9 Å². The van der Waals surface area contributed by atoms with Gasteiger partial charge in [-0.2, -0.15) is 0 Å². The summed E-state index contributed by atoms with van der Waals surface area (Å²) in [6.07, 6.45) is 6.25. The van der Waals surface area contributed by atoms with E-state index in [9.17, 15) is 4.39 Å². The van der Waals surface area contributed by atoms with Gasteiger partial charge in [-0.15, -0.1) is 0 Å². The summed E-state index contributed by atoms with van der Waals surface area (Å²) in [4.78, 5) is 21.2. The van der Waals surface area contributed by atoms with Gasteiger partial charge in [0.2, 0.25) is 6.29 Å². The Morgan fingerprint density at radius 1 is 1.09 bits per heavy atom. The summed E-state index contributed by atoms with van der Waals surface area (Å²) in [6.45, 7) is 2.52. The molecule has 4 aromatic rings. The van der Waals surface area contributed by atoms with Gasteiger partial charge in [-0.05, 0) is 48.9 Å². The fourth-order valence-electron chi connectivity index (χ4n) is 3.48. The predicted molar refractivity (Wildman–Crippen MR) is 119 cm³/mol. The van der Waals surface area contributed by atoms with Crippen molar-refractivity contribution < 1.29 is 13.9 Å². The van der Waals surface area contributed by atoms with Crippen molar-refractivity contribution in [3.05, 3.63) is 90.5 Å². The normalized spacial score (nSPS) is 20.6. The van der Waals surface area contributed by atoms with Crippen LogP contribution in [0.15, 0.2) is 61.1 Å². The number of hydrogen-bond donors (Lipinski definition) is 2. The highest BCUT2D eigenvalue weighted by Gasteiger charge is 2.32. The van der Waals surface area contributed by atoms with Crippen LogP contribution in [-0.4, -0.2) is 43.7 Å². The third-order valence-electron chi connectivity index (χ3n) is 5.10. The highest BCUT2D eigenvalue weighted by molar-refractivity contribution is 5.76. The van der Waals surface area contributed by atoms with Crippen LogP contribution in [0, 0.1) is 12.2 Å². The third kappa shape index (κ3) is 4.80. The molecule has 0 atom stereocenters. The summed E-state index contributed by atoms with van der Waals surface area (Å²) in [6, 6.07) is 11.7. The first kappa shape index (κ1) is 21.3. The van der Waals surface area contributed by atoms with Crippen molar-refractivity contribution in [1.29, 1.82) is 0 Å². The molecular weight excluding hydrogens is 423 g/mol. The van der Waals surface area contributed by atoms with E-state index >= 15 is 0 Å². The summed E-state index contributed by atoms with van der Waals surface area (Å²) in [5, 5.41) is 0. The summed E-state index contributed by atoms with van der Waals surface area (Å²) in [5.41, 5.74) is 9.01. The van der Waals surface area contributed by atoms with E-state index in [-0.39, 0.29) is 5.82 Å². The van der Waals surface area contributed by atoms with Crippen LogP contribution in [0.1, 0.15) is 30.4 Å². The molecule has 5 rings (SSSR count). The Kier molecular flexibility index (Phi) is 5.67. The first-order chi connectivity index (χ1) is 16.0. The standard InChI is InChI=1S/C24H22FN6O2/c1-24(26)13-32-23(33-14-24)22-30-20(16-4-6-17(25)7-5-16)21(31-22)18-8-10-28-19(29-18)11-15-3-2-9-27-12-15/h2-12,23H,13-14,26H2,1H3,(H,30,31). The van der Waals surface area contributed by atoms with Crippen molar-refractivity contribution in [2.75, 3.05) is 13.2 Å². The van der Waals surface area contributed by atoms with Crippen LogP contribution in [0.4, 0.5) is 4.39 Å². The molecule has 3 aromatic heterocycles. The Labute approximate surface area is 190 Å². The minimum absolute atomic E-state index is 0.326. The molecule has 0 bridgehead atoms. The lowest BCUT2D eigenvalue weighted by molar-refractivity contribution is -0.211. The molecule has 1 aliphatic rings. The van der Waals surface area contributed by atoms with Gasteiger partial charge in [-0.25, -0.2) is 19.3 Å². The zero-order chi connectivity index (χ0) is 22.8. The van der Waals surface area contributed by atoms with Gasteiger partial charge in [-0.1, -0.05) is 6.07 Å². The molecule has 9 heteroatoms. The van der Waals surface area contributed by atoms with Gasteiger partial charge < -0.3 is 20.2 Å². The van der Waals surface area contributed by atoms with Gasteiger partial charge in [0.15, 0.2) is 5.82 Å². The summed E-state index contributed by atoms with van der Waals surface area (Å²) >= 11 is 0. The van der Waals surface area contributed by atoms with Gasteiger partial charge in [0.05, 0.1) is 42.3 Å². The predicted octanol–water partition coefficient (Wildman–Crippen LogP) is 3.43. The molecule has 1 saturated heterocycles. The van der Waals surface area contributed by atoms with Crippen molar-refractivity contribution >= 4 is 0 Å². The zero-order valence-electron chi connectivity index (χ0n) is 17.9. The SMILES string of the molecule is CC1(N)COC(c2nc(-c3ccc(F)cc3)c(-c3ccnc([CH]c4cccnc4)n3)[nH]2)OC1. The number of imidazole rings is 1. The molecule has 1 fully saturated rings. The number of aromatic amines is 1. The number of pyridine rings is 1. The Morgan fingerprint density at radius 3 is 2.61 bits per heavy atom. The molecule has 8 nitrogen and oxygen atoms in total. The highest BCUT2D eigenvalue weighted by atomic mass is 19.1. The summed E-state index contributed by atoms with van der Waals surface area (Å²) < 4.78 is 25.1. The van der Waals surface area contributed by atoms with Crippen molar-refractivity contribution in [2.24, 2.45) is 5.73 Å². The van der Waals surface area contributed by atoms with Crippen molar-refractivity contribution in [2.45, 2.75) is 18.8 Å². The molecule has 1 radical (unpaired) electrons. The van der Waals surface area contributed by atoms with Gasteiger partial charge in [0, 0.05) is 24.2 Å². The Morgan fingerprint density at radius 2 is 1.88 bits per heavy atom. The zero-order valence-corrected chi connectivity index (χ0v) is 17.9. The number of aromatic nitrogens is 5. The van der Waals surface area contributed by atoms with Crippen molar-refractivity contribution in [1.82, 2.24) is 24.9 Å². The van der Waals surface area contributed by atoms with E-state index in [1.165, 1.54) is 12.1 Å². The highest BCUT2D eigenvalue weighted by Crippen LogP contribution is 2.33. The molecule has 3 N–H and O–H groups in total. The number of nitrogens with two attached hydrogens (primary N) is 1. The van der Waals surface area contributed by atoms with E-state index in [0.29, 0.717) is 41.9 Å². The number of halogens is 1. The molecule has 4 heterocycles. The van der Waals surface area contributed by atoms with Crippen LogP contribution in [0.5, 0.6) is 0 Å². The molecule has 0 amide bonds.